The molecule has 0 aromatic rings. The highest BCUT2D eigenvalue weighted by Crippen LogP contribution is 1.96. The van der Waals surface area contributed by atoms with Gasteiger partial charge < -0.3 is 5.11 Å². The summed E-state index contributed by atoms with van der Waals surface area (Å²) in [6.07, 6.45) is 0.397. The number of carboxylic acid groups (broad SMARTS) is 1. The third kappa shape index (κ3) is 3.93. The molecule has 0 aromatic heterocycles. The first kappa shape index (κ1) is 10.4. The fraction of sp³-hybridized carbons (Fsp3) is 0.857. The third-order valence-corrected chi connectivity index (χ3v) is 1.66. The van der Waals surface area contributed by atoms with Gasteiger partial charge >= 0.3 is 5.97 Å². The maximum Gasteiger partial charge on any atom is 0.320 e. The maximum absolute atomic E-state index is 11.6. The van der Waals surface area contributed by atoms with Crippen LogP contribution in [-0.4, -0.2) is 42.3 Å². The molecule has 1 unspecified atom stereocenters. The van der Waals surface area contributed by atoms with E-state index in [0.29, 0.717) is 13.0 Å². The molecule has 0 aliphatic rings. The number of halogens is 1. The van der Waals surface area contributed by atoms with Gasteiger partial charge in [0.1, 0.15) is 6.04 Å². The average Bonchev–Trinajstić information content (AvgIpc) is 1.98. The molecule has 1 N–H and O–H groups in total. The van der Waals surface area contributed by atoms with Crippen molar-refractivity contribution in [3.63, 3.8) is 0 Å². The zero-order valence-electron chi connectivity index (χ0n) is 6.88. The Balaban J connectivity index is 3.63. The smallest absolute Gasteiger partial charge is 0.320 e. The Morgan fingerprint density at radius 2 is 2.27 bits per heavy atom. The fourth-order valence-electron chi connectivity index (χ4n) is 0.691. The Morgan fingerprint density at radius 3 is 2.64 bits per heavy atom. The number of carboxylic acids is 1. The SMILES string of the molecule is CC(C(=O)O)N(C)CCCF. The standard InChI is InChI=1S/C7H14FNO2/c1-6(7(10)11)9(2)5-3-4-8/h6H,3-5H2,1-2H3,(H,10,11). The molecule has 0 heterocycles. The van der Waals surface area contributed by atoms with Crippen molar-refractivity contribution in [1.82, 2.24) is 4.90 Å². The lowest BCUT2D eigenvalue weighted by atomic mass is 10.3. The molecule has 11 heavy (non-hydrogen) atoms. The Labute approximate surface area is 65.8 Å². The minimum absolute atomic E-state index is 0.392. The summed E-state index contributed by atoms with van der Waals surface area (Å²) in [6.45, 7) is 1.68. The molecule has 0 fully saturated rings. The summed E-state index contributed by atoms with van der Waals surface area (Å²) in [5, 5.41) is 8.52. The van der Waals surface area contributed by atoms with Crippen LogP contribution in [0.5, 0.6) is 0 Å². The van der Waals surface area contributed by atoms with Crippen LogP contribution in [0.25, 0.3) is 0 Å². The van der Waals surface area contributed by atoms with Crippen LogP contribution in [0.2, 0.25) is 0 Å². The van der Waals surface area contributed by atoms with Gasteiger partial charge in [0.2, 0.25) is 0 Å². The molecule has 0 spiro atoms. The molecule has 66 valence electrons. The normalized spacial score (nSPS) is 13.5. The minimum Gasteiger partial charge on any atom is -0.480 e. The summed E-state index contributed by atoms with van der Waals surface area (Å²) in [5.74, 6) is -0.869. The topological polar surface area (TPSA) is 40.5 Å². The lowest BCUT2D eigenvalue weighted by Gasteiger charge is -2.19. The van der Waals surface area contributed by atoms with Gasteiger partial charge in [0, 0.05) is 6.54 Å². The quantitative estimate of drug-likeness (QED) is 0.650. The largest absolute Gasteiger partial charge is 0.480 e. The second-order valence-corrected chi connectivity index (χ2v) is 2.54. The summed E-state index contributed by atoms with van der Waals surface area (Å²) in [6, 6.07) is -0.526. The zero-order chi connectivity index (χ0) is 8.85. The number of nitrogens with zero attached hydrogens (tertiary/aromatic N) is 1. The van der Waals surface area contributed by atoms with Crippen LogP contribution in [-0.2, 0) is 4.79 Å². The summed E-state index contributed by atoms with van der Waals surface area (Å²) in [4.78, 5) is 12.0. The second-order valence-electron chi connectivity index (χ2n) is 2.54. The van der Waals surface area contributed by atoms with Crippen molar-refractivity contribution >= 4 is 5.97 Å². The van der Waals surface area contributed by atoms with Crippen LogP contribution in [0.15, 0.2) is 0 Å². The van der Waals surface area contributed by atoms with Crippen LogP contribution >= 0.6 is 0 Å². The molecule has 0 aliphatic carbocycles. The summed E-state index contributed by atoms with van der Waals surface area (Å²) >= 11 is 0. The summed E-state index contributed by atoms with van der Waals surface area (Å²) in [5.41, 5.74) is 0. The van der Waals surface area contributed by atoms with Gasteiger partial charge in [0.25, 0.3) is 0 Å². The van der Waals surface area contributed by atoms with E-state index in [4.69, 9.17) is 5.11 Å². The van der Waals surface area contributed by atoms with Gasteiger partial charge in [-0.2, -0.15) is 0 Å². The average molecular weight is 163 g/mol. The van der Waals surface area contributed by atoms with Crippen LogP contribution in [0.4, 0.5) is 4.39 Å². The van der Waals surface area contributed by atoms with E-state index in [2.05, 4.69) is 0 Å². The number of likely N-dealkylation sites (N-methyl/N-ethyl adjacent to an activating group) is 1. The molecule has 1 atom stereocenters. The molecule has 0 radical (unpaired) electrons. The molecule has 0 saturated heterocycles. The van der Waals surface area contributed by atoms with Crippen molar-refractivity contribution < 1.29 is 14.3 Å². The molecule has 0 rings (SSSR count). The first-order chi connectivity index (χ1) is 5.09. The van der Waals surface area contributed by atoms with Gasteiger partial charge in [0.05, 0.1) is 6.67 Å². The van der Waals surface area contributed by atoms with Gasteiger partial charge in [-0.3, -0.25) is 14.1 Å². The third-order valence-electron chi connectivity index (χ3n) is 1.66. The number of carbonyl (C=O) groups is 1. The fourth-order valence-corrected chi connectivity index (χ4v) is 0.691. The van der Waals surface area contributed by atoms with Gasteiger partial charge in [-0.05, 0) is 20.4 Å². The van der Waals surface area contributed by atoms with Gasteiger partial charge in [-0.15, -0.1) is 0 Å². The predicted molar refractivity (Wildman–Crippen MR) is 40.3 cm³/mol. The van der Waals surface area contributed by atoms with Crippen molar-refractivity contribution in [2.24, 2.45) is 0 Å². The van der Waals surface area contributed by atoms with Crippen LogP contribution in [0, 0.1) is 0 Å². The summed E-state index contributed by atoms with van der Waals surface area (Å²) < 4.78 is 11.6. The highest BCUT2D eigenvalue weighted by molar-refractivity contribution is 5.72. The Morgan fingerprint density at radius 1 is 1.73 bits per heavy atom. The van der Waals surface area contributed by atoms with Crippen LogP contribution < -0.4 is 0 Å². The maximum atomic E-state index is 11.6. The summed E-state index contributed by atoms with van der Waals surface area (Å²) in [7, 11) is 1.68. The molecule has 0 aromatic carbocycles. The van der Waals surface area contributed by atoms with E-state index in [0.717, 1.165) is 0 Å². The van der Waals surface area contributed by atoms with Crippen molar-refractivity contribution in [2.45, 2.75) is 19.4 Å². The predicted octanol–water partition coefficient (Wildman–Crippen LogP) is 0.751. The van der Waals surface area contributed by atoms with Crippen molar-refractivity contribution in [1.29, 1.82) is 0 Å². The monoisotopic (exact) mass is 163 g/mol. The van der Waals surface area contributed by atoms with E-state index in [1.165, 1.54) is 0 Å². The Kier molecular flexibility index (Phi) is 4.77. The van der Waals surface area contributed by atoms with Crippen LogP contribution in [0.1, 0.15) is 13.3 Å². The first-order valence-electron chi connectivity index (χ1n) is 3.58. The van der Waals surface area contributed by atoms with Gasteiger partial charge in [-0.25, -0.2) is 0 Å². The molecule has 0 saturated carbocycles. The molecular weight excluding hydrogens is 149 g/mol. The van der Waals surface area contributed by atoms with E-state index in [-0.39, 0.29) is 0 Å². The molecule has 0 aliphatic heterocycles. The molecule has 0 bridgehead atoms. The van der Waals surface area contributed by atoms with E-state index in [1.807, 2.05) is 0 Å². The Bertz CT molecular complexity index is 130. The molecule has 4 heteroatoms. The van der Waals surface area contributed by atoms with E-state index >= 15 is 0 Å². The number of alkyl halides is 1. The van der Waals surface area contributed by atoms with E-state index in [1.54, 1.807) is 18.9 Å². The van der Waals surface area contributed by atoms with Crippen molar-refractivity contribution in [3.05, 3.63) is 0 Å². The van der Waals surface area contributed by atoms with Crippen molar-refractivity contribution in [3.8, 4) is 0 Å². The molecule has 0 amide bonds. The van der Waals surface area contributed by atoms with Crippen molar-refractivity contribution in [2.75, 3.05) is 20.3 Å². The number of rotatable bonds is 5. The number of hydrogen-bond donors (Lipinski definition) is 1. The lowest BCUT2D eigenvalue weighted by Crippen LogP contribution is -2.36. The van der Waals surface area contributed by atoms with Gasteiger partial charge in [-0.1, -0.05) is 0 Å². The van der Waals surface area contributed by atoms with E-state index in [9.17, 15) is 9.18 Å². The van der Waals surface area contributed by atoms with E-state index < -0.39 is 18.7 Å². The van der Waals surface area contributed by atoms with Crippen LogP contribution in [0.3, 0.4) is 0 Å². The highest BCUT2D eigenvalue weighted by atomic mass is 19.1. The molecular formula is C7H14FNO2. The zero-order valence-corrected chi connectivity index (χ0v) is 6.88. The highest BCUT2D eigenvalue weighted by Gasteiger charge is 2.15. The first-order valence-corrected chi connectivity index (χ1v) is 3.58. The second kappa shape index (κ2) is 5.07. The van der Waals surface area contributed by atoms with Gasteiger partial charge in [0.15, 0.2) is 0 Å². The number of aliphatic carboxylic acids is 1. The number of hydrogen-bond acceptors (Lipinski definition) is 2. The lowest BCUT2D eigenvalue weighted by molar-refractivity contribution is -0.142. The molecule has 3 nitrogen and oxygen atoms in total. The Hall–Kier alpha value is -0.640. The minimum atomic E-state index is -0.869.